The lowest BCUT2D eigenvalue weighted by Crippen LogP contribution is -2.57. The van der Waals surface area contributed by atoms with Gasteiger partial charge in [-0.05, 0) is 31.6 Å². The Morgan fingerprint density at radius 1 is 1.14 bits per heavy atom. The number of rotatable bonds is 2. The Balaban J connectivity index is 2.04. The number of hydrogen-bond acceptors (Lipinski definition) is 3. The van der Waals surface area contributed by atoms with Gasteiger partial charge in [0.1, 0.15) is 0 Å². The summed E-state index contributed by atoms with van der Waals surface area (Å²) in [5.41, 5.74) is -2.77. The van der Waals surface area contributed by atoms with Gasteiger partial charge < -0.3 is 5.11 Å². The summed E-state index contributed by atoms with van der Waals surface area (Å²) in [6, 6.07) is 0. The van der Waals surface area contributed by atoms with E-state index in [0.717, 1.165) is 17.1 Å². The molecule has 0 aliphatic carbocycles. The average Bonchev–Trinajstić information content (AvgIpc) is 2.38. The molecular formula is C12H21F3N2O3S. The molecule has 2 rings (SSSR count). The van der Waals surface area contributed by atoms with Gasteiger partial charge in [-0.2, -0.15) is 30.2 Å². The molecule has 0 aromatic rings. The van der Waals surface area contributed by atoms with E-state index in [2.05, 4.69) is 0 Å². The molecule has 9 heteroatoms. The predicted octanol–water partition coefficient (Wildman–Crippen LogP) is 1.35. The molecule has 1 atom stereocenters. The van der Waals surface area contributed by atoms with Crippen LogP contribution in [0.2, 0.25) is 0 Å². The molecule has 0 bridgehead atoms. The van der Waals surface area contributed by atoms with Crippen LogP contribution >= 0.6 is 0 Å². The largest absolute Gasteiger partial charge is 0.417 e. The summed E-state index contributed by atoms with van der Waals surface area (Å²) in [4.78, 5) is 0. The van der Waals surface area contributed by atoms with Gasteiger partial charge in [-0.25, -0.2) is 0 Å². The fourth-order valence-corrected chi connectivity index (χ4v) is 4.66. The molecule has 2 heterocycles. The van der Waals surface area contributed by atoms with Crippen LogP contribution in [-0.4, -0.2) is 60.1 Å². The van der Waals surface area contributed by atoms with Gasteiger partial charge >= 0.3 is 6.18 Å². The molecule has 2 aliphatic heterocycles. The maximum Gasteiger partial charge on any atom is 0.417 e. The van der Waals surface area contributed by atoms with Crippen LogP contribution in [0.1, 0.15) is 32.6 Å². The summed E-state index contributed by atoms with van der Waals surface area (Å²) >= 11 is 0. The van der Waals surface area contributed by atoms with Crippen LogP contribution in [-0.2, 0) is 10.2 Å². The number of nitrogens with zero attached hydrogens (tertiary/aromatic N) is 2. The second-order valence-corrected chi connectivity index (χ2v) is 7.97. The van der Waals surface area contributed by atoms with Crippen LogP contribution in [0.25, 0.3) is 0 Å². The highest BCUT2D eigenvalue weighted by atomic mass is 32.2. The molecule has 0 amide bonds. The van der Waals surface area contributed by atoms with E-state index < -0.39 is 34.8 Å². The molecule has 1 N–H and O–H groups in total. The van der Waals surface area contributed by atoms with Crippen molar-refractivity contribution in [3.05, 3.63) is 0 Å². The van der Waals surface area contributed by atoms with Gasteiger partial charge in [0, 0.05) is 26.2 Å². The van der Waals surface area contributed by atoms with E-state index in [9.17, 15) is 26.7 Å². The molecule has 0 aromatic heterocycles. The fraction of sp³-hybridized carbons (Fsp3) is 1.00. The summed E-state index contributed by atoms with van der Waals surface area (Å²) in [6.07, 6.45) is -4.22. The molecule has 21 heavy (non-hydrogen) atoms. The summed E-state index contributed by atoms with van der Waals surface area (Å²) in [7, 11) is -3.73. The highest BCUT2D eigenvalue weighted by molar-refractivity contribution is 7.86. The summed E-state index contributed by atoms with van der Waals surface area (Å²) < 4.78 is 65.5. The maximum absolute atomic E-state index is 12.7. The Labute approximate surface area is 122 Å². The monoisotopic (exact) mass is 330 g/mol. The average molecular weight is 330 g/mol. The van der Waals surface area contributed by atoms with E-state index in [1.54, 1.807) is 0 Å². The molecule has 0 aromatic carbocycles. The molecule has 124 valence electrons. The number of hydrogen-bond donors (Lipinski definition) is 1. The minimum absolute atomic E-state index is 0.255. The fourth-order valence-electron chi connectivity index (χ4n) is 2.89. The van der Waals surface area contributed by atoms with Crippen molar-refractivity contribution in [2.24, 2.45) is 5.92 Å². The van der Waals surface area contributed by atoms with Gasteiger partial charge in [0.05, 0.1) is 0 Å². The molecule has 5 nitrogen and oxygen atoms in total. The number of halogens is 3. The highest BCUT2D eigenvalue weighted by Crippen LogP contribution is 2.39. The second-order valence-electron chi connectivity index (χ2n) is 6.04. The highest BCUT2D eigenvalue weighted by Gasteiger charge is 2.55. The lowest BCUT2D eigenvalue weighted by molar-refractivity contribution is -0.270. The van der Waals surface area contributed by atoms with Crippen molar-refractivity contribution in [3.8, 4) is 0 Å². The normalized spacial score (nSPS) is 29.5. The molecule has 2 fully saturated rings. The summed E-state index contributed by atoms with van der Waals surface area (Å²) in [5, 5.41) is 9.58. The van der Waals surface area contributed by atoms with Crippen molar-refractivity contribution in [3.63, 3.8) is 0 Å². The van der Waals surface area contributed by atoms with Gasteiger partial charge in [0.15, 0.2) is 5.60 Å². The number of alkyl halides is 3. The van der Waals surface area contributed by atoms with Crippen molar-refractivity contribution in [2.75, 3.05) is 26.2 Å². The Kier molecular flexibility index (Phi) is 4.59. The lowest BCUT2D eigenvalue weighted by atomic mass is 9.92. The van der Waals surface area contributed by atoms with Crippen LogP contribution < -0.4 is 0 Å². The Bertz CT molecular complexity index is 473. The van der Waals surface area contributed by atoms with E-state index in [4.69, 9.17) is 0 Å². The van der Waals surface area contributed by atoms with Crippen molar-refractivity contribution < 1.29 is 26.7 Å². The zero-order valence-corrected chi connectivity index (χ0v) is 12.8. The standard InChI is InChI=1S/C12H21F3N2O3S/c1-10-3-2-6-17(9-10)21(19,20)16-7-4-11(18,5-8-16)12(13,14)15/h10,18H,2-9H2,1H3. The van der Waals surface area contributed by atoms with Crippen molar-refractivity contribution in [1.29, 1.82) is 0 Å². The number of aliphatic hydroxyl groups is 1. The molecule has 0 radical (unpaired) electrons. The van der Waals surface area contributed by atoms with E-state index >= 15 is 0 Å². The minimum atomic E-state index is -4.72. The lowest BCUT2D eigenvalue weighted by Gasteiger charge is -2.41. The Morgan fingerprint density at radius 3 is 2.19 bits per heavy atom. The minimum Gasteiger partial charge on any atom is -0.380 e. The summed E-state index contributed by atoms with van der Waals surface area (Å²) in [6.45, 7) is 2.17. The van der Waals surface area contributed by atoms with Gasteiger partial charge in [0.2, 0.25) is 0 Å². The third-order valence-electron chi connectivity index (χ3n) is 4.35. The van der Waals surface area contributed by atoms with Gasteiger partial charge in [-0.15, -0.1) is 0 Å². The van der Waals surface area contributed by atoms with Crippen molar-refractivity contribution in [2.45, 2.75) is 44.4 Å². The van der Waals surface area contributed by atoms with Crippen LogP contribution in [0.15, 0.2) is 0 Å². The van der Waals surface area contributed by atoms with Gasteiger partial charge in [0.25, 0.3) is 10.2 Å². The van der Waals surface area contributed by atoms with Crippen LogP contribution in [0.4, 0.5) is 13.2 Å². The van der Waals surface area contributed by atoms with E-state index in [0.29, 0.717) is 13.1 Å². The predicted molar refractivity (Wildman–Crippen MR) is 70.7 cm³/mol. The van der Waals surface area contributed by atoms with Crippen LogP contribution in [0, 0.1) is 5.92 Å². The molecule has 2 aliphatic rings. The molecule has 0 spiro atoms. The zero-order chi connectivity index (χ0) is 15.9. The molecule has 0 saturated carbocycles. The maximum atomic E-state index is 12.7. The van der Waals surface area contributed by atoms with Gasteiger partial charge in [-0.1, -0.05) is 6.92 Å². The third-order valence-corrected chi connectivity index (χ3v) is 6.35. The van der Waals surface area contributed by atoms with Crippen molar-refractivity contribution >= 4 is 10.2 Å². The Morgan fingerprint density at radius 2 is 1.71 bits per heavy atom. The summed E-state index contributed by atoms with van der Waals surface area (Å²) in [5.74, 6) is 0.255. The van der Waals surface area contributed by atoms with Crippen molar-refractivity contribution in [1.82, 2.24) is 8.61 Å². The topological polar surface area (TPSA) is 60.9 Å². The Hall–Kier alpha value is -0.380. The van der Waals surface area contributed by atoms with Gasteiger partial charge in [-0.3, -0.25) is 0 Å². The first-order valence-electron chi connectivity index (χ1n) is 7.10. The quantitative estimate of drug-likeness (QED) is 0.831. The SMILES string of the molecule is CC1CCCN(S(=O)(=O)N2CCC(O)(C(F)(F)F)CC2)C1. The van der Waals surface area contributed by atoms with Crippen LogP contribution in [0.3, 0.4) is 0 Å². The number of piperidine rings is 2. The van der Waals surface area contributed by atoms with Crippen LogP contribution in [0.5, 0.6) is 0 Å². The third kappa shape index (κ3) is 3.35. The van der Waals surface area contributed by atoms with E-state index in [-0.39, 0.29) is 19.0 Å². The van der Waals surface area contributed by atoms with E-state index in [1.165, 1.54) is 4.31 Å². The first-order valence-corrected chi connectivity index (χ1v) is 8.50. The molecule has 1 unspecified atom stereocenters. The smallest absolute Gasteiger partial charge is 0.380 e. The second kappa shape index (κ2) is 5.68. The zero-order valence-electron chi connectivity index (χ0n) is 11.9. The molecular weight excluding hydrogens is 309 g/mol. The first-order chi connectivity index (χ1) is 9.56. The first kappa shape index (κ1) is 17.0. The molecule has 2 saturated heterocycles. The van der Waals surface area contributed by atoms with E-state index in [1.807, 2.05) is 6.92 Å².